The molecule has 11 heteroatoms. The summed E-state index contributed by atoms with van der Waals surface area (Å²) in [6.07, 6.45) is 53.8. The van der Waals surface area contributed by atoms with E-state index in [4.69, 9.17) is 23.6 Å². The third-order valence-corrected chi connectivity index (χ3v) is 11.9. The van der Waals surface area contributed by atoms with Gasteiger partial charge in [-0.15, -0.1) is 0 Å². The highest BCUT2D eigenvalue weighted by molar-refractivity contribution is 7.47. The molecule has 0 spiro atoms. The number of phosphoric ester groups is 1. The number of aliphatic hydroxyl groups is 2. The molecule has 3 atom stereocenters. The van der Waals surface area contributed by atoms with Crippen molar-refractivity contribution in [1.29, 1.82) is 0 Å². The van der Waals surface area contributed by atoms with Crippen LogP contribution < -0.4 is 0 Å². The topological polar surface area (TPSA) is 149 Å². The van der Waals surface area contributed by atoms with Crippen molar-refractivity contribution in [2.75, 3.05) is 26.4 Å². The van der Waals surface area contributed by atoms with Crippen LogP contribution in [0, 0.1) is 0 Å². The van der Waals surface area contributed by atoms with Crippen molar-refractivity contribution in [3.05, 3.63) is 48.6 Å². The minimum Gasteiger partial charge on any atom is -0.462 e. The van der Waals surface area contributed by atoms with Gasteiger partial charge in [-0.05, 0) is 51.4 Å². The summed E-state index contributed by atoms with van der Waals surface area (Å²) in [4.78, 5) is 35.1. The Morgan fingerprint density at radius 3 is 1.29 bits per heavy atom. The number of carbonyl (C=O) groups is 2. The zero-order chi connectivity index (χ0) is 46.2. The molecule has 0 rings (SSSR count). The summed E-state index contributed by atoms with van der Waals surface area (Å²) in [5, 5.41) is 18.4. The molecule has 0 bridgehead atoms. The van der Waals surface area contributed by atoms with E-state index in [1.807, 2.05) is 6.08 Å². The molecule has 63 heavy (non-hydrogen) atoms. The van der Waals surface area contributed by atoms with Crippen LogP contribution in [0.25, 0.3) is 0 Å². The first kappa shape index (κ1) is 60.9. The van der Waals surface area contributed by atoms with E-state index >= 15 is 0 Å². The molecule has 0 aromatic carbocycles. The summed E-state index contributed by atoms with van der Waals surface area (Å²) >= 11 is 0. The van der Waals surface area contributed by atoms with Crippen LogP contribution in [0.2, 0.25) is 0 Å². The lowest BCUT2D eigenvalue weighted by molar-refractivity contribution is -0.161. The van der Waals surface area contributed by atoms with Gasteiger partial charge in [0.25, 0.3) is 0 Å². The second-order valence-electron chi connectivity index (χ2n) is 17.2. The minimum absolute atomic E-state index is 0.109. The Labute approximate surface area is 385 Å². The Balaban J connectivity index is 4.20. The van der Waals surface area contributed by atoms with Gasteiger partial charge in [0.05, 0.1) is 19.8 Å². The van der Waals surface area contributed by atoms with Gasteiger partial charge in [0, 0.05) is 12.8 Å². The molecule has 0 radical (unpaired) electrons. The molecule has 0 aliphatic rings. The van der Waals surface area contributed by atoms with Gasteiger partial charge in [-0.3, -0.25) is 18.6 Å². The van der Waals surface area contributed by atoms with Crippen LogP contribution in [0.5, 0.6) is 0 Å². The van der Waals surface area contributed by atoms with Gasteiger partial charge in [-0.1, -0.05) is 217 Å². The van der Waals surface area contributed by atoms with Gasteiger partial charge in [-0.25, -0.2) is 4.57 Å². The maximum atomic E-state index is 12.6. The Morgan fingerprint density at radius 2 is 0.841 bits per heavy atom. The van der Waals surface area contributed by atoms with Crippen molar-refractivity contribution in [3.8, 4) is 0 Å². The zero-order valence-electron chi connectivity index (χ0n) is 40.3. The highest BCUT2D eigenvalue weighted by atomic mass is 31.2. The number of aliphatic hydroxyl groups excluding tert-OH is 2. The Bertz CT molecular complexity index is 1190. The van der Waals surface area contributed by atoms with Crippen molar-refractivity contribution in [1.82, 2.24) is 0 Å². The molecular weight excluding hydrogens is 816 g/mol. The third kappa shape index (κ3) is 47.7. The smallest absolute Gasteiger partial charge is 0.462 e. The van der Waals surface area contributed by atoms with Crippen LogP contribution in [0.4, 0.5) is 0 Å². The van der Waals surface area contributed by atoms with Crippen molar-refractivity contribution in [3.63, 3.8) is 0 Å². The Kier molecular flexibility index (Phi) is 46.3. The standard InChI is InChI=1S/C52H95O10P/c1-3-5-7-9-11-13-15-17-19-21-22-23-24-25-26-28-29-31-33-35-37-39-41-43-51(55)59-47-50(48-61-63(57,58)60-46-49(54)45-53)62-52(56)44-42-40-38-36-34-32-30-27-20-18-16-14-12-10-8-6-4-2/h12,14,18,20,30,32,36,38,49-50,53-54H,3-11,13,15-17,19,21-29,31,33-35,37,39-48H2,1-2H3,(H,57,58)/b14-12+,20-18+,32-30+,38-36+/t49-,50+/m1/s1. The minimum atomic E-state index is -4.64. The first-order valence-electron chi connectivity index (χ1n) is 25.6. The van der Waals surface area contributed by atoms with E-state index in [0.29, 0.717) is 19.3 Å². The second kappa shape index (κ2) is 47.9. The Morgan fingerprint density at radius 1 is 0.476 bits per heavy atom. The van der Waals surface area contributed by atoms with Crippen LogP contribution in [0.1, 0.15) is 232 Å². The third-order valence-electron chi connectivity index (χ3n) is 11.0. The fourth-order valence-electron chi connectivity index (χ4n) is 7.05. The van der Waals surface area contributed by atoms with Gasteiger partial charge < -0.3 is 24.6 Å². The van der Waals surface area contributed by atoms with Crippen LogP contribution in [-0.4, -0.2) is 65.7 Å². The van der Waals surface area contributed by atoms with Gasteiger partial charge in [0.1, 0.15) is 12.7 Å². The molecule has 0 saturated carbocycles. The number of ether oxygens (including phenoxy) is 2. The van der Waals surface area contributed by atoms with Gasteiger partial charge in [-0.2, -0.15) is 0 Å². The summed E-state index contributed by atoms with van der Waals surface area (Å²) in [5.74, 6) is -0.982. The molecule has 368 valence electrons. The fraction of sp³-hybridized carbons (Fsp3) is 0.808. The molecule has 0 aromatic heterocycles. The lowest BCUT2D eigenvalue weighted by Crippen LogP contribution is -2.29. The quantitative estimate of drug-likeness (QED) is 0.0233. The largest absolute Gasteiger partial charge is 0.472 e. The van der Waals surface area contributed by atoms with Crippen molar-refractivity contribution in [2.24, 2.45) is 0 Å². The lowest BCUT2D eigenvalue weighted by Gasteiger charge is -2.20. The number of carbonyl (C=O) groups excluding carboxylic acids is 2. The number of unbranched alkanes of at least 4 members (excludes halogenated alkanes) is 26. The van der Waals surface area contributed by atoms with Crippen molar-refractivity contribution in [2.45, 2.75) is 244 Å². The molecule has 3 N–H and O–H groups in total. The van der Waals surface area contributed by atoms with Gasteiger partial charge in [0.2, 0.25) is 0 Å². The number of hydrogen-bond acceptors (Lipinski definition) is 9. The summed E-state index contributed by atoms with van der Waals surface area (Å²) in [7, 11) is -4.64. The highest BCUT2D eigenvalue weighted by Crippen LogP contribution is 2.43. The summed E-state index contributed by atoms with van der Waals surface area (Å²) in [6.45, 7) is 2.33. The summed E-state index contributed by atoms with van der Waals surface area (Å²) < 4.78 is 32.8. The number of hydrogen-bond donors (Lipinski definition) is 3. The predicted octanol–water partition coefficient (Wildman–Crippen LogP) is 14.5. The number of allylic oxidation sites excluding steroid dienone is 8. The normalized spacial score (nSPS) is 14.0. The fourth-order valence-corrected chi connectivity index (χ4v) is 7.84. The van der Waals surface area contributed by atoms with E-state index < -0.39 is 51.8 Å². The molecule has 0 aliphatic heterocycles. The van der Waals surface area contributed by atoms with Crippen LogP contribution in [0.3, 0.4) is 0 Å². The van der Waals surface area contributed by atoms with E-state index in [0.717, 1.165) is 44.9 Å². The molecule has 0 aliphatic carbocycles. The van der Waals surface area contributed by atoms with E-state index in [-0.39, 0.29) is 19.4 Å². The van der Waals surface area contributed by atoms with Crippen LogP contribution in [0.15, 0.2) is 48.6 Å². The van der Waals surface area contributed by atoms with E-state index in [1.165, 1.54) is 141 Å². The summed E-state index contributed by atoms with van der Waals surface area (Å²) in [6, 6.07) is 0. The van der Waals surface area contributed by atoms with Crippen molar-refractivity contribution >= 4 is 19.8 Å². The number of rotatable bonds is 48. The maximum absolute atomic E-state index is 12.6. The van der Waals surface area contributed by atoms with Crippen LogP contribution >= 0.6 is 7.82 Å². The van der Waals surface area contributed by atoms with Crippen molar-refractivity contribution < 1.29 is 47.8 Å². The molecule has 0 aromatic rings. The van der Waals surface area contributed by atoms with E-state index in [2.05, 4.69) is 56.4 Å². The van der Waals surface area contributed by atoms with Gasteiger partial charge >= 0.3 is 19.8 Å². The van der Waals surface area contributed by atoms with Gasteiger partial charge in [0.15, 0.2) is 6.10 Å². The van der Waals surface area contributed by atoms with Crippen LogP contribution in [-0.2, 0) is 32.7 Å². The number of phosphoric acid groups is 1. The molecule has 0 amide bonds. The number of esters is 2. The SMILES string of the molecule is CCCCC/C=C/C/C=C/C/C=C/C/C=C/CCCC(=O)O[C@@H](COC(=O)CCCCCCCCCCCCCCCCCCCCCCCCC)COP(=O)(O)OC[C@H](O)CO. The predicted molar refractivity (Wildman–Crippen MR) is 261 cm³/mol. The summed E-state index contributed by atoms with van der Waals surface area (Å²) in [5.41, 5.74) is 0. The molecule has 1 unspecified atom stereocenters. The maximum Gasteiger partial charge on any atom is 0.472 e. The zero-order valence-corrected chi connectivity index (χ0v) is 41.2. The lowest BCUT2D eigenvalue weighted by atomic mass is 10.0. The first-order chi connectivity index (χ1) is 30.7. The molecule has 0 fully saturated rings. The molecule has 0 heterocycles. The van der Waals surface area contributed by atoms with E-state index in [9.17, 15) is 24.2 Å². The van der Waals surface area contributed by atoms with E-state index in [1.54, 1.807) is 0 Å². The average molecular weight is 911 g/mol. The second-order valence-corrected chi connectivity index (χ2v) is 18.7. The molecule has 10 nitrogen and oxygen atoms in total. The monoisotopic (exact) mass is 911 g/mol. The molecule has 0 saturated heterocycles. The Hall–Kier alpha value is -2.07. The molecular formula is C52H95O10P. The first-order valence-corrected chi connectivity index (χ1v) is 27.1. The average Bonchev–Trinajstić information content (AvgIpc) is 3.27. The highest BCUT2D eigenvalue weighted by Gasteiger charge is 2.27.